The predicted molar refractivity (Wildman–Crippen MR) is 64.5 cm³/mol. The molecule has 0 bridgehead atoms. The third-order valence-electron chi connectivity index (χ3n) is 2.38. The van der Waals surface area contributed by atoms with E-state index >= 15 is 0 Å². The minimum atomic E-state index is 0.381. The molecule has 13 heavy (non-hydrogen) atoms. The third kappa shape index (κ3) is 7.39. The van der Waals surface area contributed by atoms with Crippen molar-refractivity contribution in [3.8, 4) is 0 Å². The fourth-order valence-corrected chi connectivity index (χ4v) is 1.53. The summed E-state index contributed by atoms with van der Waals surface area (Å²) in [4.78, 5) is 0. The number of rotatable bonds is 7. The molecule has 0 fully saturated rings. The molecule has 0 aliphatic rings. The van der Waals surface area contributed by atoms with E-state index in [-0.39, 0.29) is 0 Å². The van der Waals surface area contributed by atoms with Crippen LogP contribution in [0.25, 0.3) is 0 Å². The van der Waals surface area contributed by atoms with Gasteiger partial charge < -0.3 is 5.32 Å². The van der Waals surface area contributed by atoms with E-state index in [0.717, 1.165) is 19.0 Å². The standard InChI is InChI=1S/C11H25NS/c1-6-7-10(2)8-12-9-11(3,4)13-5/h10,12H,6-9H2,1-5H3. The molecule has 0 saturated carbocycles. The second kappa shape index (κ2) is 6.72. The molecule has 0 saturated heterocycles. The molecule has 0 amide bonds. The van der Waals surface area contributed by atoms with E-state index in [4.69, 9.17) is 0 Å². The third-order valence-corrected chi connectivity index (χ3v) is 3.63. The van der Waals surface area contributed by atoms with Crippen LogP contribution in [0.4, 0.5) is 0 Å². The Hall–Kier alpha value is 0.310. The van der Waals surface area contributed by atoms with Crippen molar-refractivity contribution in [3.05, 3.63) is 0 Å². The van der Waals surface area contributed by atoms with E-state index < -0.39 is 0 Å². The van der Waals surface area contributed by atoms with Crippen LogP contribution in [0.3, 0.4) is 0 Å². The van der Waals surface area contributed by atoms with E-state index in [0.29, 0.717) is 4.75 Å². The second-order valence-electron chi connectivity index (χ2n) is 4.49. The first kappa shape index (κ1) is 13.3. The van der Waals surface area contributed by atoms with Gasteiger partial charge in [0.1, 0.15) is 0 Å². The smallest absolute Gasteiger partial charge is 0.0225 e. The molecule has 2 heteroatoms. The molecule has 0 aliphatic carbocycles. The molecular weight excluding hydrogens is 178 g/mol. The number of hydrogen-bond donors (Lipinski definition) is 1. The predicted octanol–water partition coefficient (Wildman–Crippen LogP) is 3.15. The normalized spacial score (nSPS) is 14.5. The largest absolute Gasteiger partial charge is 0.315 e. The van der Waals surface area contributed by atoms with Crippen LogP contribution >= 0.6 is 11.8 Å². The molecule has 0 radical (unpaired) electrons. The topological polar surface area (TPSA) is 12.0 Å². The van der Waals surface area contributed by atoms with Crippen LogP contribution in [0.5, 0.6) is 0 Å². The second-order valence-corrected chi connectivity index (χ2v) is 6.00. The van der Waals surface area contributed by atoms with Gasteiger partial charge in [-0.3, -0.25) is 0 Å². The van der Waals surface area contributed by atoms with Crippen LogP contribution in [-0.4, -0.2) is 24.1 Å². The van der Waals surface area contributed by atoms with Gasteiger partial charge in [0, 0.05) is 11.3 Å². The monoisotopic (exact) mass is 203 g/mol. The number of nitrogens with one attached hydrogen (secondary N) is 1. The Labute approximate surface area is 88.1 Å². The Kier molecular flexibility index (Phi) is 6.88. The molecule has 0 rings (SSSR count). The lowest BCUT2D eigenvalue weighted by atomic mass is 10.1. The summed E-state index contributed by atoms with van der Waals surface area (Å²) in [6.07, 6.45) is 4.82. The van der Waals surface area contributed by atoms with Crippen LogP contribution < -0.4 is 5.32 Å². The van der Waals surface area contributed by atoms with E-state index in [1.807, 2.05) is 11.8 Å². The van der Waals surface area contributed by atoms with Gasteiger partial charge in [-0.05, 0) is 39.0 Å². The first-order valence-electron chi connectivity index (χ1n) is 5.27. The Morgan fingerprint density at radius 3 is 2.46 bits per heavy atom. The van der Waals surface area contributed by atoms with E-state index in [9.17, 15) is 0 Å². The first-order valence-corrected chi connectivity index (χ1v) is 6.50. The van der Waals surface area contributed by atoms with Gasteiger partial charge in [0.15, 0.2) is 0 Å². The summed E-state index contributed by atoms with van der Waals surface area (Å²) >= 11 is 1.93. The molecule has 1 unspecified atom stereocenters. The number of thioether (sulfide) groups is 1. The summed E-state index contributed by atoms with van der Waals surface area (Å²) < 4.78 is 0.381. The average molecular weight is 203 g/mol. The highest BCUT2D eigenvalue weighted by Gasteiger charge is 2.15. The quantitative estimate of drug-likeness (QED) is 0.682. The summed E-state index contributed by atoms with van der Waals surface area (Å²) in [6.45, 7) is 11.4. The van der Waals surface area contributed by atoms with Crippen molar-refractivity contribution in [2.75, 3.05) is 19.3 Å². The van der Waals surface area contributed by atoms with Crippen molar-refractivity contribution < 1.29 is 0 Å². The summed E-state index contributed by atoms with van der Waals surface area (Å²) in [5.41, 5.74) is 0. The summed E-state index contributed by atoms with van der Waals surface area (Å²) in [6, 6.07) is 0. The van der Waals surface area contributed by atoms with Crippen molar-refractivity contribution in [1.82, 2.24) is 5.32 Å². The van der Waals surface area contributed by atoms with Crippen LogP contribution in [0.1, 0.15) is 40.5 Å². The summed E-state index contributed by atoms with van der Waals surface area (Å²) in [7, 11) is 0. The molecule has 0 spiro atoms. The first-order chi connectivity index (χ1) is 6.02. The van der Waals surface area contributed by atoms with Gasteiger partial charge in [-0.2, -0.15) is 11.8 Å². The lowest BCUT2D eigenvalue weighted by Crippen LogP contribution is -2.34. The van der Waals surface area contributed by atoms with Crippen LogP contribution in [0, 0.1) is 5.92 Å². The van der Waals surface area contributed by atoms with Crippen molar-refractivity contribution in [2.24, 2.45) is 5.92 Å². The molecule has 0 aliphatic heterocycles. The lowest BCUT2D eigenvalue weighted by molar-refractivity contribution is 0.461. The fraction of sp³-hybridized carbons (Fsp3) is 1.00. The molecule has 1 atom stereocenters. The van der Waals surface area contributed by atoms with Gasteiger partial charge in [-0.1, -0.05) is 20.3 Å². The molecule has 0 heterocycles. The minimum absolute atomic E-state index is 0.381. The minimum Gasteiger partial charge on any atom is -0.315 e. The fourth-order valence-electron chi connectivity index (χ4n) is 1.29. The zero-order valence-electron chi connectivity index (χ0n) is 9.81. The van der Waals surface area contributed by atoms with E-state index in [1.165, 1.54) is 12.8 Å². The highest BCUT2D eigenvalue weighted by atomic mass is 32.2. The van der Waals surface area contributed by atoms with Crippen LogP contribution in [-0.2, 0) is 0 Å². The Balaban J connectivity index is 3.44. The zero-order valence-corrected chi connectivity index (χ0v) is 10.6. The van der Waals surface area contributed by atoms with Crippen LogP contribution in [0.15, 0.2) is 0 Å². The van der Waals surface area contributed by atoms with Gasteiger partial charge in [-0.15, -0.1) is 0 Å². The van der Waals surface area contributed by atoms with Gasteiger partial charge in [-0.25, -0.2) is 0 Å². The summed E-state index contributed by atoms with van der Waals surface area (Å²) in [5.74, 6) is 0.822. The van der Waals surface area contributed by atoms with E-state index in [2.05, 4.69) is 39.3 Å². The molecule has 0 aromatic carbocycles. The molecular formula is C11H25NS. The average Bonchev–Trinajstić information content (AvgIpc) is 2.05. The van der Waals surface area contributed by atoms with Crippen LogP contribution in [0.2, 0.25) is 0 Å². The summed E-state index contributed by atoms with van der Waals surface area (Å²) in [5, 5.41) is 3.54. The van der Waals surface area contributed by atoms with Gasteiger partial charge in [0.2, 0.25) is 0 Å². The van der Waals surface area contributed by atoms with Gasteiger partial charge >= 0.3 is 0 Å². The van der Waals surface area contributed by atoms with Gasteiger partial charge in [0.25, 0.3) is 0 Å². The Bertz CT molecular complexity index is 123. The van der Waals surface area contributed by atoms with Crippen molar-refractivity contribution in [1.29, 1.82) is 0 Å². The van der Waals surface area contributed by atoms with Crippen molar-refractivity contribution >= 4 is 11.8 Å². The maximum Gasteiger partial charge on any atom is 0.0225 e. The highest BCUT2D eigenvalue weighted by molar-refractivity contribution is 7.99. The lowest BCUT2D eigenvalue weighted by Gasteiger charge is -2.23. The highest BCUT2D eigenvalue weighted by Crippen LogP contribution is 2.19. The maximum atomic E-state index is 3.54. The van der Waals surface area contributed by atoms with E-state index in [1.54, 1.807) is 0 Å². The zero-order chi connectivity index (χ0) is 10.3. The van der Waals surface area contributed by atoms with Gasteiger partial charge in [0.05, 0.1) is 0 Å². The molecule has 1 nitrogen and oxygen atoms in total. The van der Waals surface area contributed by atoms with Crippen molar-refractivity contribution in [2.45, 2.75) is 45.3 Å². The maximum absolute atomic E-state index is 3.54. The Morgan fingerprint density at radius 1 is 1.38 bits per heavy atom. The SMILES string of the molecule is CCCC(C)CNCC(C)(C)SC. The molecule has 80 valence electrons. The molecule has 0 aromatic rings. The Morgan fingerprint density at radius 2 is 2.00 bits per heavy atom. The number of hydrogen-bond acceptors (Lipinski definition) is 2. The molecule has 0 aromatic heterocycles. The van der Waals surface area contributed by atoms with Crippen molar-refractivity contribution in [3.63, 3.8) is 0 Å². The molecule has 1 N–H and O–H groups in total.